The van der Waals surface area contributed by atoms with E-state index in [0.717, 1.165) is 19.5 Å². The van der Waals surface area contributed by atoms with Crippen LogP contribution in [0.25, 0.3) is 0 Å². The maximum absolute atomic E-state index is 9.42. The molecular formula is C8H15N5O. The van der Waals surface area contributed by atoms with Crippen molar-refractivity contribution in [3.63, 3.8) is 0 Å². The van der Waals surface area contributed by atoms with Gasteiger partial charge < -0.3 is 15.7 Å². The van der Waals surface area contributed by atoms with Crippen LogP contribution in [0.3, 0.4) is 0 Å². The topological polar surface area (TPSA) is 91.1 Å². The largest absolute Gasteiger partial charge is 0.393 e. The molecule has 1 aromatic rings. The molecule has 2 unspecified atom stereocenters. The van der Waals surface area contributed by atoms with Crippen molar-refractivity contribution in [2.24, 2.45) is 5.92 Å². The second-order valence-corrected chi connectivity index (χ2v) is 3.76. The molecule has 78 valence electrons. The highest BCUT2D eigenvalue weighted by Gasteiger charge is 2.27. The summed E-state index contributed by atoms with van der Waals surface area (Å²) in [6, 6.07) is 0. The van der Waals surface area contributed by atoms with Gasteiger partial charge in [-0.2, -0.15) is 4.98 Å². The van der Waals surface area contributed by atoms with E-state index in [9.17, 15) is 5.11 Å². The van der Waals surface area contributed by atoms with Crippen LogP contribution < -0.4 is 10.6 Å². The first-order valence-corrected chi connectivity index (χ1v) is 4.77. The first-order chi connectivity index (χ1) is 6.66. The fourth-order valence-corrected chi connectivity index (χ4v) is 1.77. The van der Waals surface area contributed by atoms with Gasteiger partial charge in [0.25, 0.3) is 0 Å². The van der Waals surface area contributed by atoms with Crippen LogP contribution in [-0.2, 0) is 0 Å². The molecule has 6 heteroatoms. The Labute approximate surface area is 82.1 Å². The molecule has 1 saturated heterocycles. The number of aliphatic hydroxyl groups excluding tert-OH is 1. The monoisotopic (exact) mass is 197 g/mol. The van der Waals surface area contributed by atoms with Crippen LogP contribution in [0.15, 0.2) is 0 Å². The van der Waals surface area contributed by atoms with Gasteiger partial charge in [-0.3, -0.25) is 0 Å². The van der Waals surface area contributed by atoms with E-state index < -0.39 is 0 Å². The molecule has 1 aliphatic rings. The molecule has 1 aromatic heterocycles. The number of nitrogens with zero attached hydrogens (tertiary/aromatic N) is 3. The molecule has 2 rings (SSSR count). The molecule has 0 bridgehead atoms. The number of aliphatic hydroxyl groups is 1. The van der Waals surface area contributed by atoms with Crippen molar-refractivity contribution in [2.45, 2.75) is 19.4 Å². The second kappa shape index (κ2) is 3.45. The van der Waals surface area contributed by atoms with Crippen molar-refractivity contribution in [1.29, 1.82) is 0 Å². The highest BCUT2D eigenvalue weighted by atomic mass is 16.3. The average molecular weight is 197 g/mol. The lowest BCUT2D eigenvalue weighted by Gasteiger charge is -2.15. The third kappa shape index (κ3) is 1.65. The van der Waals surface area contributed by atoms with Gasteiger partial charge in [-0.25, -0.2) is 5.10 Å². The van der Waals surface area contributed by atoms with E-state index in [1.54, 1.807) is 0 Å². The molecule has 0 spiro atoms. The first-order valence-electron chi connectivity index (χ1n) is 4.77. The molecule has 0 saturated carbocycles. The van der Waals surface area contributed by atoms with Crippen molar-refractivity contribution >= 4 is 11.9 Å². The van der Waals surface area contributed by atoms with Gasteiger partial charge in [0.2, 0.25) is 11.9 Å². The van der Waals surface area contributed by atoms with E-state index in [-0.39, 0.29) is 6.10 Å². The normalized spacial score (nSPS) is 24.1. The molecule has 6 nitrogen and oxygen atoms in total. The molecule has 1 aliphatic heterocycles. The van der Waals surface area contributed by atoms with Gasteiger partial charge in [0.05, 0.1) is 6.10 Å². The summed E-state index contributed by atoms with van der Waals surface area (Å²) in [5.74, 6) is 1.28. The van der Waals surface area contributed by atoms with E-state index in [4.69, 9.17) is 5.73 Å². The van der Waals surface area contributed by atoms with Gasteiger partial charge in [0, 0.05) is 19.0 Å². The summed E-state index contributed by atoms with van der Waals surface area (Å²) in [4.78, 5) is 6.07. The summed E-state index contributed by atoms with van der Waals surface area (Å²) in [5.41, 5.74) is 5.44. The molecule has 1 fully saturated rings. The van der Waals surface area contributed by atoms with E-state index in [2.05, 4.69) is 15.2 Å². The third-order valence-corrected chi connectivity index (χ3v) is 2.68. The predicted molar refractivity (Wildman–Crippen MR) is 52.8 cm³/mol. The zero-order valence-electron chi connectivity index (χ0n) is 8.14. The fourth-order valence-electron chi connectivity index (χ4n) is 1.77. The number of nitrogens with one attached hydrogen (secondary N) is 1. The minimum atomic E-state index is -0.267. The molecular weight excluding hydrogens is 182 g/mol. The number of rotatable bonds is 2. The molecule has 2 atom stereocenters. The molecule has 14 heavy (non-hydrogen) atoms. The number of aromatic amines is 1. The Kier molecular flexibility index (Phi) is 2.28. The SMILES string of the molecule is CC(O)C1CCN(c2n[nH]c(N)n2)C1. The third-order valence-electron chi connectivity index (χ3n) is 2.68. The van der Waals surface area contributed by atoms with E-state index in [1.807, 2.05) is 11.8 Å². The Morgan fingerprint density at radius 3 is 3.00 bits per heavy atom. The number of hydrogen-bond acceptors (Lipinski definition) is 5. The van der Waals surface area contributed by atoms with Crippen LogP contribution in [0.4, 0.5) is 11.9 Å². The molecule has 4 N–H and O–H groups in total. The maximum atomic E-state index is 9.42. The Morgan fingerprint density at radius 1 is 1.71 bits per heavy atom. The highest BCUT2D eigenvalue weighted by Crippen LogP contribution is 2.23. The van der Waals surface area contributed by atoms with E-state index in [0.29, 0.717) is 17.8 Å². The molecule has 0 aliphatic carbocycles. The Hall–Kier alpha value is -1.30. The summed E-state index contributed by atoms with van der Waals surface area (Å²) in [5, 5.41) is 16.0. The summed E-state index contributed by atoms with van der Waals surface area (Å²) >= 11 is 0. The predicted octanol–water partition coefficient (Wildman–Crippen LogP) is -0.406. The highest BCUT2D eigenvalue weighted by molar-refractivity contribution is 5.35. The van der Waals surface area contributed by atoms with E-state index in [1.165, 1.54) is 0 Å². The number of anilines is 2. The smallest absolute Gasteiger partial charge is 0.246 e. The van der Waals surface area contributed by atoms with Crippen molar-refractivity contribution in [1.82, 2.24) is 15.2 Å². The number of H-pyrrole nitrogens is 1. The van der Waals surface area contributed by atoms with Crippen LogP contribution in [0, 0.1) is 5.92 Å². The quantitative estimate of drug-likeness (QED) is 0.599. The summed E-state index contributed by atoms with van der Waals surface area (Å²) in [6.07, 6.45) is 0.711. The Bertz CT molecular complexity index is 310. The van der Waals surface area contributed by atoms with Crippen LogP contribution >= 0.6 is 0 Å². The van der Waals surface area contributed by atoms with Crippen LogP contribution in [-0.4, -0.2) is 39.5 Å². The lowest BCUT2D eigenvalue weighted by atomic mass is 10.0. The molecule has 0 radical (unpaired) electrons. The van der Waals surface area contributed by atoms with E-state index >= 15 is 0 Å². The molecule has 2 heterocycles. The summed E-state index contributed by atoms with van der Waals surface area (Å²) in [6.45, 7) is 3.50. The lowest BCUT2D eigenvalue weighted by Crippen LogP contribution is -2.24. The number of nitrogen functional groups attached to an aromatic ring is 1. The Morgan fingerprint density at radius 2 is 2.50 bits per heavy atom. The van der Waals surface area contributed by atoms with Gasteiger partial charge in [-0.05, 0) is 13.3 Å². The van der Waals surface area contributed by atoms with Crippen LogP contribution in [0.2, 0.25) is 0 Å². The first kappa shape index (κ1) is 9.26. The van der Waals surface area contributed by atoms with Crippen molar-refractivity contribution in [3.8, 4) is 0 Å². The van der Waals surface area contributed by atoms with Crippen molar-refractivity contribution in [3.05, 3.63) is 0 Å². The van der Waals surface area contributed by atoms with Gasteiger partial charge in [0.15, 0.2) is 0 Å². The minimum Gasteiger partial charge on any atom is -0.393 e. The number of aromatic nitrogens is 3. The van der Waals surface area contributed by atoms with Crippen molar-refractivity contribution in [2.75, 3.05) is 23.7 Å². The fraction of sp³-hybridized carbons (Fsp3) is 0.750. The summed E-state index contributed by atoms with van der Waals surface area (Å²) < 4.78 is 0. The van der Waals surface area contributed by atoms with Gasteiger partial charge >= 0.3 is 0 Å². The standard InChI is InChI=1S/C8H15N5O/c1-5(14)6-2-3-13(4-6)8-10-7(9)11-12-8/h5-6,14H,2-4H2,1H3,(H3,9,10,11,12). The molecule has 0 amide bonds. The zero-order valence-corrected chi connectivity index (χ0v) is 8.14. The van der Waals surface area contributed by atoms with Gasteiger partial charge in [-0.1, -0.05) is 0 Å². The summed E-state index contributed by atoms with van der Waals surface area (Å²) in [7, 11) is 0. The minimum absolute atomic E-state index is 0.267. The van der Waals surface area contributed by atoms with Crippen LogP contribution in [0.1, 0.15) is 13.3 Å². The lowest BCUT2D eigenvalue weighted by molar-refractivity contribution is 0.136. The van der Waals surface area contributed by atoms with Crippen molar-refractivity contribution < 1.29 is 5.11 Å². The number of nitrogens with two attached hydrogens (primary N) is 1. The maximum Gasteiger partial charge on any atom is 0.246 e. The average Bonchev–Trinajstić information content (AvgIpc) is 2.70. The second-order valence-electron chi connectivity index (χ2n) is 3.76. The number of hydrogen-bond donors (Lipinski definition) is 3. The Balaban J connectivity index is 2.02. The molecule has 0 aromatic carbocycles. The zero-order chi connectivity index (χ0) is 10.1. The van der Waals surface area contributed by atoms with Crippen LogP contribution in [0.5, 0.6) is 0 Å². The van der Waals surface area contributed by atoms with Gasteiger partial charge in [0.1, 0.15) is 0 Å². The van der Waals surface area contributed by atoms with Gasteiger partial charge in [-0.15, -0.1) is 5.10 Å².